The highest BCUT2D eigenvalue weighted by atomic mass is 32.1. The highest BCUT2D eigenvalue weighted by Gasteiger charge is 2.55. The highest BCUT2D eigenvalue weighted by Crippen LogP contribution is 2.48. The lowest BCUT2D eigenvalue weighted by atomic mass is 10.1. The average molecular weight is 226 g/mol. The zero-order valence-electron chi connectivity index (χ0n) is 9.32. The largest absolute Gasteiger partial charge is 0.392 e. The molecule has 1 amide bonds. The van der Waals surface area contributed by atoms with Crippen LogP contribution in [-0.2, 0) is 4.79 Å². The summed E-state index contributed by atoms with van der Waals surface area (Å²) in [6.45, 7) is 5.16. The van der Waals surface area contributed by atoms with Gasteiger partial charge in [-0.3, -0.25) is 4.79 Å². The summed E-state index contributed by atoms with van der Waals surface area (Å²) in [6, 6.07) is 0.347. The van der Waals surface area contributed by atoms with Crippen molar-refractivity contribution in [3.63, 3.8) is 0 Å². The summed E-state index contributed by atoms with van der Waals surface area (Å²) in [4.78, 5) is 14.6. The lowest BCUT2D eigenvalue weighted by molar-refractivity contribution is -0.135. The lowest BCUT2D eigenvalue weighted by Crippen LogP contribution is -2.44. The SMILES string of the molecule is CC1CC(C)N(C(=O)C2(C(N)=S)CC2)C1. The van der Waals surface area contributed by atoms with E-state index >= 15 is 0 Å². The third kappa shape index (κ3) is 1.65. The maximum absolute atomic E-state index is 12.3. The van der Waals surface area contributed by atoms with Gasteiger partial charge in [0.1, 0.15) is 0 Å². The van der Waals surface area contributed by atoms with Crippen LogP contribution in [0.2, 0.25) is 0 Å². The molecule has 15 heavy (non-hydrogen) atoms. The minimum Gasteiger partial charge on any atom is -0.392 e. The molecule has 0 spiro atoms. The van der Waals surface area contributed by atoms with Crippen molar-refractivity contribution in [2.24, 2.45) is 17.1 Å². The molecule has 0 aromatic rings. The number of hydrogen-bond donors (Lipinski definition) is 1. The first-order valence-corrected chi connectivity index (χ1v) is 5.99. The van der Waals surface area contributed by atoms with Crippen LogP contribution in [-0.4, -0.2) is 28.4 Å². The number of nitrogens with zero attached hydrogens (tertiary/aromatic N) is 1. The number of amides is 1. The van der Waals surface area contributed by atoms with Gasteiger partial charge in [0.05, 0.1) is 10.4 Å². The molecule has 0 radical (unpaired) electrons. The van der Waals surface area contributed by atoms with Crippen LogP contribution < -0.4 is 5.73 Å². The third-order valence-electron chi connectivity index (χ3n) is 3.68. The molecule has 0 bridgehead atoms. The van der Waals surface area contributed by atoms with Crippen LogP contribution in [0.3, 0.4) is 0 Å². The average Bonchev–Trinajstić information content (AvgIpc) is 2.88. The van der Waals surface area contributed by atoms with Crippen molar-refractivity contribution < 1.29 is 4.79 Å². The molecule has 0 aromatic heterocycles. The second kappa shape index (κ2) is 3.44. The summed E-state index contributed by atoms with van der Waals surface area (Å²) < 4.78 is 0. The summed E-state index contributed by atoms with van der Waals surface area (Å²) in [6.07, 6.45) is 2.79. The van der Waals surface area contributed by atoms with Gasteiger partial charge in [0, 0.05) is 12.6 Å². The molecule has 84 valence electrons. The summed E-state index contributed by atoms with van der Waals surface area (Å²) in [5.41, 5.74) is 5.20. The summed E-state index contributed by atoms with van der Waals surface area (Å²) >= 11 is 5.00. The van der Waals surface area contributed by atoms with Crippen LogP contribution in [0.4, 0.5) is 0 Å². The molecule has 2 fully saturated rings. The molecule has 1 aliphatic carbocycles. The molecule has 3 nitrogen and oxygen atoms in total. The Morgan fingerprint density at radius 2 is 2.07 bits per heavy atom. The molecule has 2 N–H and O–H groups in total. The number of nitrogens with two attached hydrogens (primary N) is 1. The zero-order chi connectivity index (χ0) is 11.2. The van der Waals surface area contributed by atoms with Gasteiger partial charge in [0.15, 0.2) is 0 Å². The predicted octanol–water partition coefficient (Wildman–Crippen LogP) is 1.31. The van der Waals surface area contributed by atoms with Crippen LogP contribution in [0.1, 0.15) is 33.1 Å². The lowest BCUT2D eigenvalue weighted by Gasteiger charge is -2.26. The molecule has 2 atom stereocenters. The first kappa shape index (κ1) is 10.9. The van der Waals surface area contributed by atoms with Gasteiger partial charge in [0.25, 0.3) is 0 Å². The van der Waals surface area contributed by atoms with E-state index in [9.17, 15) is 4.79 Å². The van der Waals surface area contributed by atoms with E-state index in [1.807, 2.05) is 4.90 Å². The summed E-state index contributed by atoms with van der Waals surface area (Å²) in [5, 5.41) is 0. The first-order chi connectivity index (χ1) is 6.97. The van der Waals surface area contributed by atoms with Gasteiger partial charge in [-0.1, -0.05) is 19.1 Å². The van der Waals surface area contributed by atoms with Crippen molar-refractivity contribution in [3.8, 4) is 0 Å². The molecule has 2 rings (SSSR count). The number of likely N-dealkylation sites (tertiary alicyclic amines) is 1. The Bertz CT molecular complexity index is 312. The van der Waals surface area contributed by atoms with Crippen molar-refractivity contribution in [2.45, 2.75) is 39.2 Å². The number of carbonyl (C=O) groups is 1. The summed E-state index contributed by atoms with van der Waals surface area (Å²) in [5.74, 6) is 0.776. The van der Waals surface area contributed by atoms with Crippen LogP contribution in [0.15, 0.2) is 0 Å². The normalized spacial score (nSPS) is 32.8. The van der Waals surface area contributed by atoms with Crippen LogP contribution in [0.5, 0.6) is 0 Å². The second-order valence-corrected chi connectivity index (χ2v) is 5.53. The molecule has 1 saturated heterocycles. The topological polar surface area (TPSA) is 46.3 Å². The molecule has 4 heteroatoms. The third-order valence-corrected chi connectivity index (χ3v) is 4.07. The Morgan fingerprint density at radius 3 is 2.40 bits per heavy atom. The molecule has 2 aliphatic rings. The quantitative estimate of drug-likeness (QED) is 0.722. The van der Waals surface area contributed by atoms with Crippen molar-refractivity contribution in [1.29, 1.82) is 0 Å². The van der Waals surface area contributed by atoms with E-state index in [0.717, 1.165) is 25.8 Å². The van der Waals surface area contributed by atoms with Gasteiger partial charge in [-0.25, -0.2) is 0 Å². The van der Waals surface area contributed by atoms with Gasteiger partial charge >= 0.3 is 0 Å². The monoisotopic (exact) mass is 226 g/mol. The number of rotatable bonds is 2. The molecule has 1 heterocycles. The number of hydrogen-bond acceptors (Lipinski definition) is 2. The fourth-order valence-corrected chi connectivity index (χ4v) is 2.84. The Balaban J connectivity index is 2.12. The van der Waals surface area contributed by atoms with Gasteiger partial charge < -0.3 is 10.6 Å². The van der Waals surface area contributed by atoms with E-state index in [2.05, 4.69) is 13.8 Å². The van der Waals surface area contributed by atoms with Gasteiger partial charge in [-0.2, -0.15) is 0 Å². The van der Waals surface area contributed by atoms with Crippen LogP contribution in [0.25, 0.3) is 0 Å². The molecule has 1 aliphatic heterocycles. The second-order valence-electron chi connectivity index (χ2n) is 5.09. The van der Waals surface area contributed by atoms with Gasteiger partial charge in [-0.05, 0) is 32.1 Å². The van der Waals surface area contributed by atoms with Crippen molar-refractivity contribution in [2.75, 3.05) is 6.54 Å². The fourth-order valence-electron chi connectivity index (χ4n) is 2.55. The first-order valence-electron chi connectivity index (χ1n) is 5.58. The molecule has 0 aromatic carbocycles. The minimum absolute atomic E-state index is 0.173. The predicted molar refractivity (Wildman–Crippen MR) is 63.4 cm³/mol. The maximum Gasteiger partial charge on any atom is 0.235 e. The minimum atomic E-state index is -0.465. The maximum atomic E-state index is 12.3. The van der Waals surface area contributed by atoms with Crippen molar-refractivity contribution >= 4 is 23.1 Å². The fraction of sp³-hybridized carbons (Fsp3) is 0.818. The van der Waals surface area contributed by atoms with E-state index in [-0.39, 0.29) is 5.91 Å². The van der Waals surface area contributed by atoms with Gasteiger partial charge in [0.2, 0.25) is 5.91 Å². The molecular weight excluding hydrogens is 208 g/mol. The van der Waals surface area contributed by atoms with E-state index in [0.29, 0.717) is 16.9 Å². The molecule has 2 unspecified atom stereocenters. The zero-order valence-corrected chi connectivity index (χ0v) is 10.1. The Labute approximate surface area is 96.0 Å². The Hall–Kier alpha value is -0.640. The number of carbonyl (C=O) groups excluding carboxylic acids is 1. The Kier molecular flexibility index (Phi) is 2.49. The van der Waals surface area contributed by atoms with E-state index in [1.165, 1.54) is 0 Å². The van der Waals surface area contributed by atoms with E-state index in [1.54, 1.807) is 0 Å². The Morgan fingerprint density at radius 1 is 1.47 bits per heavy atom. The van der Waals surface area contributed by atoms with Crippen molar-refractivity contribution in [3.05, 3.63) is 0 Å². The van der Waals surface area contributed by atoms with E-state index < -0.39 is 5.41 Å². The van der Waals surface area contributed by atoms with Crippen molar-refractivity contribution in [1.82, 2.24) is 4.90 Å². The van der Waals surface area contributed by atoms with Crippen LogP contribution in [0, 0.1) is 11.3 Å². The molecular formula is C11H18N2OS. The summed E-state index contributed by atoms with van der Waals surface area (Å²) in [7, 11) is 0. The standard InChI is InChI=1S/C11H18N2OS/c1-7-5-8(2)13(6-7)10(14)11(3-4-11)9(12)15/h7-8H,3-6H2,1-2H3,(H2,12,15). The molecule has 1 saturated carbocycles. The number of thiocarbonyl (C=S) groups is 1. The van der Waals surface area contributed by atoms with E-state index in [4.69, 9.17) is 18.0 Å². The smallest absolute Gasteiger partial charge is 0.235 e. The highest BCUT2D eigenvalue weighted by molar-refractivity contribution is 7.80. The van der Waals surface area contributed by atoms with Crippen LogP contribution >= 0.6 is 12.2 Å². The van der Waals surface area contributed by atoms with Gasteiger partial charge in [-0.15, -0.1) is 0 Å².